The summed E-state index contributed by atoms with van der Waals surface area (Å²) >= 11 is 0. The summed E-state index contributed by atoms with van der Waals surface area (Å²) in [6, 6.07) is 17.3. The molecule has 0 saturated carbocycles. The molecule has 0 spiro atoms. The Balaban J connectivity index is 1.25. The molecule has 33 heavy (non-hydrogen) atoms. The Bertz CT molecular complexity index is 973. The number of nitrogens with zero attached hydrogens (tertiary/aromatic N) is 2. The number of Topliss-reactive ketones (excluding diaryl/α,β-unsaturated/α-hetero) is 1. The Morgan fingerprint density at radius 2 is 1.58 bits per heavy atom. The van der Waals surface area contributed by atoms with Crippen LogP contribution in [0, 0.1) is 17.7 Å². The molecule has 5 rings (SSSR count). The largest absolute Gasteiger partial charge is 0.370 e. The van der Waals surface area contributed by atoms with Gasteiger partial charge in [0.1, 0.15) is 12.4 Å². The number of amides is 2. The molecule has 3 heterocycles. The highest BCUT2D eigenvalue weighted by molar-refractivity contribution is 5.81. The number of carbonyl (C=O) groups excluding carboxylic acids is 2. The second kappa shape index (κ2) is 9.64. The molecular weight excluding hydrogens is 419 g/mol. The van der Waals surface area contributed by atoms with Crippen molar-refractivity contribution in [3.05, 3.63) is 71.5 Å². The van der Waals surface area contributed by atoms with Gasteiger partial charge in [-0.3, -0.25) is 4.79 Å². The van der Waals surface area contributed by atoms with Crippen LogP contribution in [0.1, 0.15) is 42.7 Å². The molecule has 3 fully saturated rings. The summed E-state index contributed by atoms with van der Waals surface area (Å²) in [6.45, 7) is 2.95. The van der Waals surface area contributed by atoms with E-state index in [1.165, 1.54) is 17.7 Å². The summed E-state index contributed by atoms with van der Waals surface area (Å²) in [5.74, 6) is 0.614. The highest BCUT2D eigenvalue weighted by atomic mass is 19.1. The molecule has 0 N–H and O–H groups in total. The number of hydrogen-bond acceptors (Lipinski definition) is 3. The number of ether oxygens (including phenoxy) is 1. The highest BCUT2D eigenvalue weighted by Gasteiger charge is 2.38. The average Bonchev–Trinajstić information content (AvgIpc) is 2.85. The van der Waals surface area contributed by atoms with Gasteiger partial charge in [-0.15, -0.1) is 0 Å². The fourth-order valence-corrected chi connectivity index (χ4v) is 5.84. The lowest BCUT2D eigenvalue weighted by Gasteiger charge is -2.43. The summed E-state index contributed by atoms with van der Waals surface area (Å²) in [5, 5.41) is 0. The third kappa shape index (κ3) is 4.81. The minimum Gasteiger partial charge on any atom is -0.370 e. The lowest BCUT2D eigenvalue weighted by Crippen LogP contribution is -2.54. The monoisotopic (exact) mass is 450 g/mol. The van der Waals surface area contributed by atoms with E-state index in [-0.39, 0.29) is 42.2 Å². The number of carbonyl (C=O) groups is 2. The van der Waals surface area contributed by atoms with Crippen molar-refractivity contribution in [2.75, 3.05) is 32.8 Å². The number of piperidine rings is 2. The van der Waals surface area contributed by atoms with Crippen molar-refractivity contribution in [2.45, 2.75) is 37.7 Å². The van der Waals surface area contributed by atoms with Gasteiger partial charge in [0.15, 0.2) is 5.78 Å². The van der Waals surface area contributed by atoms with Crippen LogP contribution in [0.15, 0.2) is 54.6 Å². The molecule has 0 unspecified atom stereocenters. The third-order valence-electron chi connectivity index (χ3n) is 7.55. The van der Waals surface area contributed by atoms with Crippen molar-refractivity contribution >= 4 is 11.8 Å². The summed E-state index contributed by atoms with van der Waals surface area (Å²) in [7, 11) is 0. The lowest BCUT2D eigenvalue weighted by atomic mass is 9.76. The average molecular weight is 451 g/mol. The van der Waals surface area contributed by atoms with E-state index >= 15 is 0 Å². The number of rotatable bonds is 3. The SMILES string of the molecule is O=C1CO[C@H]2CCN(C(=O)N3CCC([C@H](c4ccccc4)c4ccc(F)cc4)CC3)C[C@H]2C1. The van der Waals surface area contributed by atoms with E-state index in [0.717, 1.165) is 24.8 Å². The van der Waals surface area contributed by atoms with Crippen molar-refractivity contribution in [1.29, 1.82) is 0 Å². The molecule has 3 atom stereocenters. The van der Waals surface area contributed by atoms with E-state index in [1.54, 1.807) is 0 Å². The van der Waals surface area contributed by atoms with E-state index in [1.807, 2.05) is 40.1 Å². The summed E-state index contributed by atoms with van der Waals surface area (Å²) in [5.41, 5.74) is 2.36. The Hall–Kier alpha value is -2.73. The third-order valence-corrected chi connectivity index (χ3v) is 7.55. The van der Waals surface area contributed by atoms with Gasteiger partial charge in [-0.1, -0.05) is 42.5 Å². The van der Waals surface area contributed by atoms with E-state index in [2.05, 4.69) is 12.1 Å². The van der Waals surface area contributed by atoms with Crippen molar-refractivity contribution in [1.82, 2.24) is 9.80 Å². The molecule has 2 aromatic rings. The predicted molar refractivity (Wildman–Crippen MR) is 123 cm³/mol. The molecule has 0 aliphatic carbocycles. The van der Waals surface area contributed by atoms with Crippen LogP contribution in [-0.2, 0) is 9.53 Å². The Morgan fingerprint density at radius 3 is 2.30 bits per heavy atom. The van der Waals surface area contributed by atoms with Gasteiger partial charge in [-0.25, -0.2) is 9.18 Å². The minimum atomic E-state index is -0.222. The van der Waals surface area contributed by atoms with Gasteiger partial charge >= 0.3 is 6.03 Å². The first-order valence-electron chi connectivity index (χ1n) is 12.1. The van der Waals surface area contributed by atoms with Gasteiger partial charge < -0.3 is 14.5 Å². The van der Waals surface area contributed by atoms with Gasteiger partial charge in [-0.05, 0) is 48.4 Å². The fourth-order valence-electron chi connectivity index (χ4n) is 5.84. The maximum atomic E-state index is 13.6. The van der Waals surface area contributed by atoms with Crippen LogP contribution in [0.5, 0.6) is 0 Å². The Kier molecular flexibility index (Phi) is 6.45. The fraction of sp³-hybridized carbons (Fsp3) is 0.481. The van der Waals surface area contributed by atoms with Crippen molar-refractivity contribution < 1.29 is 18.7 Å². The number of urea groups is 1. The zero-order chi connectivity index (χ0) is 22.8. The van der Waals surface area contributed by atoms with Crippen LogP contribution in [0.3, 0.4) is 0 Å². The quantitative estimate of drug-likeness (QED) is 0.693. The van der Waals surface area contributed by atoms with Gasteiger partial charge in [0.25, 0.3) is 0 Å². The first-order valence-corrected chi connectivity index (χ1v) is 12.1. The van der Waals surface area contributed by atoms with E-state index in [9.17, 15) is 14.0 Å². The zero-order valence-corrected chi connectivity index (χ0v) is 18.9. The van der Waals surface area contributed by atoms with Crippen LogP contribution in [-0.4, -0.2) is 60.5 Å². The molecule has 3 saturated heterocycles. The molecule has 5 nitrogen and oxygen atoms in total. The molecular formula is C27H31FN2O3. The zero-order valence-electron chi connectivity index (χ0n) is 18.9. The first-order chi connectivity index (χ1) is 16.1. The highest BCUT2D eigenvalue weighted by Crippen LogP contribution is 2.38. The molecule has 3 aliphatic heterocycles. The molecule has 2 amide bonds. The number of benzene rings is 2. The Labute approximate surface area is 194 Å². The van der Waals surface area contributed by atoms with Crippen LogP contribution in [0.2, 0.25) is 0 Å². The van der Waals surface area contributed by atoms with E-state index in [4.69, 9.17) is 4.74 Å². The van der Waals surface area contributed by atoms with Crippen LogP contribution >= 0.6 is 0 Å². The second-order valence-corrected chi connectivity index (χ2v) is 9.63. The van der Waals surface area contributed by atoms with Crippen molar-refractivity contribution in [2.24, 2.45) is 11.8 Å². The van der Waals surface area contributed by atoms with Gasteiger partial charge in [0, 0.05) is 44.4 Å². The number of hydrogen-bond donors (Lipinski definition) is 0. The summed E-state index contributed by atoms with van der Waals surface area (Å²) < 4.78 is 19.2. The van der Waals surface area contributed by atoms with Crippen LogP contribution < -0.4 is 0 Å². The van der Waals surface area contributed by atoms with Crippen molar-refractivity contribution in [3.63, 3.8) is 0 Å². The predicted octanol–water partition coefficient (Wildman–Crippen LogP) is 4.47. The van der Waals surface area contributed by atoms with Crippen LogP contribution in [0.25, 0.3) is 0 Å². The molecule has 0 aromatic heterocycles. The molecule has 0 radical (unpaired) electrons. The lowest BCUT2D eigenvalue weighted by molar-refractivity contribution is -0.140. The topological polar surface area (TPSA) is 49.9 Å². The van der Waals surface area contributed by atoms with E-state index < -0.39 is 0 Å². The second-order valence-electron chi connectivity index (χ2n) is 9.63. The first kappa shape index (κ1) is 22.1. The van der Waals surface area contributed by atoms with Gasteiger partial charge in [0.05, 0.1) is 6.10 Å². The normalized spacial score (nSPS) is 24.9. The van der Waals surface area contributed by atoms with Gasteiger partial charge in [-0.2, -0.15) is 0 Å². The van der Waals surface area contributed by atoms with Crippen LogP contribution in [0.4, 0.5) is 9.18 Å². The number of likely N-dealkylation sites (tertiary alicyclic amines) is 2. The summed E-state index contributed by atoms with van der Waals surface area (Å²) in [6.07, 6.45) is 3.25. The standard InChI is InChI=1S/C27H31FN2O3/c28-23-8-6-20(7-9-23)26(19-4-2-1-3-5-19)21-10-13-29(14-11-21)27(32)30-15-12-25-22(17-30)16-24(31)18-33-25/h1-9,21-22,25-26H,10-18H2/t22-,25+,26-/m1/s1. The number of ketones is 1. The maximum absolute atomic E-state index is 13.6. The number of fused-ring (bicyclic) bond motifs is 1. The van der Waals surface area contributed by atoms with Crippen molar-refractivity contribution in [3.8, 4) is 0 Å². The van der Waals surface area contributed by atoms with E-state index in [0.29, 0.717) is 38.5 Å². The molecule has 2 aromatic carbocycles. The van der Waals surface area contributed by atoms with Gasteiger partial charge in [0.2, 0.25) is 0 Å². The minimum absolute atomic E-state index is 0.0861. The smallest absolute Gasteiger partial charge is 0.320 e. The molecule has 174 valence electrons. The number of halogens is 1. The molecule has 0 bridgehead atoms. The Morgan fingerprint density at radius 1 is 0.909 bits per heavy atom. The maximum Gasteiger partial charge on any atom is 0.320 e. The summed E-state index contributed by atoms with van der Waals surface area (Å²) in [4.78, 5) is 28.9. The molecule has 3 aliphatic rings. The molecule has 6 heteroatoms.